The van der Waals surface area contributed by atoms with Crippen LogP contribution < -0.4 is 5.32 Å². The number of aryl methyl sites for hydroxylation is 2. The van der Waals surface area contributed by atoms with E-state index in [0.29, 0.717) is 17.1 Å². The van der Waals surface area contributed by atoms with Crippen LogP contribution in [0, 0.1) is 11.3 Å². The lowest BCUT2D eigenvalue weighted by molar-refractivity contribution is 0.619. The van der Waals surface area contributed by atoms with Crippen LogP contribution in [0.3, 0.4) is 0 Å². The highest BCUT2D eigenvalue weighted by atomic mass is 35.5. The van der Waals surface area contributed by atoms with Crippen LogP contribution in [-0.4, -0.2) is 9.78 Å². The van der Waals surface area contributed by atoms with E-state index in [-0.39, 0.29) is 0 Å². The van der Waals surface area contributed by atoms with Gasteiger partial charge in [-0.1, -0.05) is 18.5 Å². The number of aromatic nitrogens is 2. The topological polar surface area (TPSA) is 53.6 Å². The quantitative estimate of drug-likeness (QED) is 0.914. The minimum Gasteiger partial charge on any atom is -0.378 e. The van der Waals surface area contributed by atoms with Crippen molar-refractivity contribution in [2.75, 3.05) is 5.32 Å². The fourth-order valence-corrected chi connectivity index (χ4v) is 2.22. The van der Waals surface area contributed by atoms with E-state index in [1.165, 1.54) is 0 Å². The highest BCUT2D eigenvalue weighted by Gasteiger charge is 2.07. The van der Waals surface area contributed by atoms with Gasteiger partial charge in [0.1, 0.15) is 6.07 Å². The Hall–Kier alpha value is -1.99. The molecule has 20 heavy (non-hydrogen) atoms. The summed E-state index contributed by atoms with van der Waals surface area (Å²) in [6.07, 6.45) is 0.917. The Kier molecular flexibility index (Phi) is 4.65. The average Bonchev–Trinajstić information content (AvgIpc) is 2.87. The van der Waals surface area contributed by atoms with Crippen molar-refractivity contribution < 1.29 is 0 Å². The van der Waals surface area contributed by atoms with Crippen molar-refractivity contribution in [3.05, 3.63) is 46.2 Å². The summed E-state index contributed by atoms with van der Waals surface area (Å²) in [6, 6.07) is 9.46. The molecular formula is C15H17ClN4. The van der Waals surface area contributed by atoms with E-state index in [9.17, 15) is 0 Å². The van der Waals surface area contributed by atoms with Crippen molar-refractivity contribution in [2.24, 2.45) is 0 Å². The molecule has 1 aromatic heterocycles. The molecule has 0 aliphatic rings. The molecular weight excluding hydrogens is 272 g/mol. The molecule has 104 valence electrons. The monoisotopic (exact) mass is 288 g/mol. The van der Waals surface area contributed by atoms with E-state index in [1.54, 1.807) is 18.2 Å². The molecule has 0 amide bonds. The minimum atomic E-state index is 0.590. The number of hydrogen-bond donors (Lipinski definition) is 1. The van der Waals surface area contributed by atoms with Crippen molar-refractivity contribution in [2.45, 2.75) is 33.4 Å². The molecule has 5 heteroatoms. The maximum Gasteiger partial charge on any atom is 0.101 e. The van der Waals surface area contributed by atoms with Crippen molar-refractivity contribution >= 4 is 17.3 Å². The van der Waals surface area contributed by atoms with Gasteiger partial charge in [-0.2, -0.15) is 10.4 Å². The molecule has 0 saturated heterocycles. The zero-order valence-electron chi connectivity index (χ0n) is 11.7. The van der Waals surface area contributed by atoms with Crippen LogP contribution in [0.5, 0.6) is 0 Å². The second kappa shape index (κ2) is 6.44. The van der Waals surface area contributed by atoms with Gasteiger partial charge < -0.3 is 5.32 Å². The first-order chi connectivity index (χ1) is 9.67. The van der Waals surface area contributed by atoms with Gasteiger partial charge in [-0.15, -0.1) is 0 Å². The summed E-state index contributed by atoms with van der Waals surface area (Å²) in [7, 11) is 0. The Morgan fingerprint density at radius 2 is 2.15 bits per heavy atom. The molecule has 0 aliphatic heterocycles. The van der Waals surface area contributed by atoms with Crippen molar-refractivity contribution in [3.8, 4) is 6.07 Å². The van der Waals surface area contributed by atoms with Gasteiger partial charge in [-0.25, -0.2) is 0 Å². The summed E-state index contributed by atoms with van der Waals surface area (Å²) in [6.45, 7) is 5.61. The van der Waals surface area contributed by atoms with Crippen LogP contribution in [0.25, 0.3) is 0 Å². The first-order valence-electron chi connectivity index (χ1n) is 6.67. The van der Waals surface area contributed by atoms with Gasteiger partial charge in [0.2, 0.25) is 0 Å². The number of nitrogens with zero attached hydrogens (tertiary/aromatic N) is 3. The number of halogens is 1. The summed E-state index contributed by atoms with van der Waals surface area (Å²) in [5, 5.41) is 17.5. The smallest absolute Gasteiger partial charge is 0.101 e. The average molecular weight is 289 g/mol. The molecule has 1 N–H and O–H groups in total. The van der Waals surface area contributed by atoms with Crippen LogP contribution in [0.1, 0.15) is 30.8 Å². The van der Waals surface area contributed by atoms with Gasteiger partial charge in [-0.05, 0) is 37.6 Å². The van der Waals surface area contributed by atoms with E-state index < -0.39 is 0 Å². The number of nitriles is 1. The van der Waals surface area contributed by atoms with Crippen molar-refractivity contribution in [1.82, 2.24) is 9.78 Å². The fourth-order valence-electron chi connectivity index (χ4n) is 2.05. The molecule has 0 unspecified atom stereocenters. The molecule has 0 saturated carbocycles. The third kappa shape index (κ3) is 3.12. The summed E-state index contributed by atoms with van der Waals surface area (Å²) in [5.41, 5.74) is 3.53. The lowest BCUT2D eigenvalue weighted by Crippen LogP contribution is -2.08. The number of benzene rings is 1. The molecule has 0 spiro atoms. The molecule has 2 rings (SSSR count). The number of anilines is 1. The largest absolute Gasteiger partial charge is 0.378 e. The predicted octanol–water partition coefficient (Wildman–Crippen LogP) is 3.60. The maximum absolute atomic E-state index is 9.10. The standard InChI is InChI=1S/C15H17ClN4/c1-3-13-8-14(20(4-2)19-13)10-18-15-7-12(16)6-5-11(15)9-17/h5-8,18H,3-4,10H2,1-2H3. The van der Waals surface area contributed by atoms with Gasteiger partial charge in [0.15, 0.2) is 0 Å². The Morgan fingerprint density at radius 3 is 2.80 bits per heavy atom. The normalized spacial score (nSPS) is 10.3. The molecule has 0 fully saturated rings. The molecule has 0 atom stereocenters. The second-order valence-electron chi connectivity index (χ2n) is 4.45. The first kappa shape index (κ1) is 14.4. The lowest BCUT2D eigenvalue weighted by atomic mass is 10.2. The van der Waals surface area contributed by atoms with Gasteiger partial charge >= 0.3 is 0 Å². The Balaban J connectivity index is 2.18. The summed E-state index contributed by atoms with van der Waals surface area (Å²) >= 11 is 5.97. The van der Waals surface area contributed by atoms with E-state index >= 15 is 0 Å². The number of rotatable bonds is 5. The third-order valence-electron chi connectivity index (χ3n) is 3.14. The third-order valence-corrected chi connectivity index (χ3v) is 3.37. The summed E-state index contributed by atoms with van der Waals surface area (Å²) in [5.74, 6) is 0. The van der Waals surface area contributed by atoms with Gasteiger partial charge in [0, 0.05) is 11.6 Å². The first-order valence-corrected chi connectivity index (χ1v) is 7.04. The Labute approximate surface area is 124 Å². The molecule has 0 aliphatic carbocycles. The fraction of sp³-hybridized carbons (Fsp3) is 0.333. The lowest BCUT2D eigenvalue weighted by Gasteiger charge is -2.09. The molecule has 4 nitrogen and oxygen atoms in total. The zero-order valence-corrected chi connectivity index (χ0v) is 12.4. The maximum atomic E-state index is 9.10. The molecule has 1 heterocycles. The van der Waals surface area contributed by atoms with Crippen LogP contribution in [0.2, 0.25) is 5.02 Å². The summed E-state index contributed by atoms with van der Waals surface area (Å²) in [4.78, 5) is 0. The Bertz CT molecular complexity index is 640. The zero-order chi connectivity index (χ0) is 14.5. The Morgan fingerprint density at radius 1 is 1.35 bits per heavy atom. The number of nitrogens with one attached hydrogen (secondary N) is 1. The van der Waals surface area contributed by atoms with Crippen LogP contribution in [0.15, 0.2) is 24.3 Å². The molecule has 0 bridgehead atoms. The minimum absolute atomic E-state index is 0.590. The SMILES string of the molecule is CCc1cc(CNc2cc(Cl)ccc2C#N)n(CC)n1. The van der Waals surface area contributed by atoms with Crippen LogP contribution in [0.4, 0.5) is 5.69 Å². The van der Waals surface area contributed by atoms with Crippen LogP contribution >= 0.6 is 11.6 Å². The van der Waals surface area contributed by atoms with Gasteiger partial charge in [-0.3, -0.25) is 4.68 Å². The van der Waals surface area contributed by atoms with Crippen molar-refractivity contribution in [1.29, 1.82) is 5.26 Å². The highest BCUT2D eigenvalue weighted by molar-refractivity contribution is 6.30. The van der Waals surface area contributed by atoms with Gasteiger partial charge in [0.05, 0.1) is 29.2 Å². The predicted molar refractivity (Wildman–Crippen MR) is 80.8 cm³/mol. The van der Waals surface area contributed by atoms with E-state index in [4.69, 9.17) is 16.9 Å². The van der Waals surface area contributed by atoms with Crippen molar-refractivity contribution in [3.63, 3.8) is 0 Å². The van der Waals surface area contributed by atoms with E-state index in [1.807, 2.05) is 4.68 Å². The molecule has 1 aromatic carbocycles. The molecule has 0 radical (unpaired) electrons. The molecule has 2 aromatic rings. The van der Waals surface area contributed by atoms with E-state index in [2.05, 4.69) is 36.4 Å². The summed E-state index contributed by atoms with van der Waals surface area (Å²) < 4.78 is 1.97. The second-order valence-corrected chi connectivity index (χ2v) is 4.89. The van der Waals surface area contributed by atoms with E-state index in [0.717, 1.165) is 30.0 Å². The highest BCUT2D eigenvalue weighted by Crippen LogP contribution is 2.21. The number of hydrogen-bond acceptors (Lipinski definition) is 3. The van der Waals surface area contributed by atoms with Gasteiger partial charge in [0.25, 0.3) is 0 Å². The van der Waals surface area contributed by atoms with Crippen LogP contribution in [-0.2, 0) is 19.5 Å².